The van der Waals surface area contributed by atoms with E-state index < -0.39 is 68.2 Å². The van der Waals surface area contributed by atoms with E-state index in [1.54, 1.807) is 0 Å². The van der Waals surface area contributed by atoms with Gasteiger partial charge in [0, 0.05) is 26.6 Å². The molecular weight excluding hydrogens is 900 g/mol. The second-order valence-electron chi connectivity index (χ2n) is 19.4. The molecule has 0 aromatic carbocycles. The van der Waals surface area contributed by atoms with Crippen molar-refractivity contribution in [2.45, 2.75) is 143 Å². The van der Waals surface area contributed by atoms with Crippen LogP contribution in [-0.2, 0) is 45.8 Å². The van der Waals surface area contributed by atoms with Gasteiger partial charge in [0.05, 0.1) is 0 Å². The molecule has 3 atom stereocenters. The Morgan fingerprint density at radius 3 is 0.957 bits per heavy atom. The van der Waals surface area contributed by atoms with Crippen molar-refractivity contribution in [1.29, 1.82) is 0 Å². The van der Waals surface area contributed by atoms with Crippen LogP contribution in [0.5, 0.6) is 0 Å². The fraction of sp³-hybridized carbons (Fsp3) is 0.812. The molecule has 15 heteroatoms. The van der Waals surface area contributed by atoms with Gasteiger partial charge in [-0.25, -0.2) is 0 Å². The monoisotopic (exact) mass is 971 g/mol. The molecule has 0 aromatic heterocycles. The summed E-state index contributed by atoms with van der Waals surface area (Å²) in [4.78, 5) is 0. The van der Waals surface area contributed by atoms with Crippen molar-refractivity contribution in [3.05, 3.63) is 36.5 Å². The van der Waals surface area contributed by atoms with E-state index >= 15 is 0 Å². The Morgan fingerprint density at radius 2 is 0.766 bits per heavy atom. The summed E-state index contributed by atoms with van der Waals surface area (Å²) in [5.41, 5.74) is 0.475. The molecule has 0 amide bonds. The number of allylic oxidation sites excluding steroid dienone is 6. The predicted octanol–water partition coefficient (Wildman–Crippen LogP) is 10.5. The van der Waals surface area contributed by atoms with E-state index in [9.17, 15) is 0 Å². The Labute approximate surface area is 314 Å². The Hall–Kier alpha value is 1.40. The third kappa shape index (κ3) is 19.2. The molecule has 278 valence electrons. The summed E-state index contributed by atoms with van der Waals surface area (Å²) in [6, 6.07) is 0. The second-order valence-corrected chi connectivity index (χ2v) is 52.6. The zero-order valence-electron chi connectivity index (χ0n) is 33.3. The summed E-state index contributed by atoms with van der Waals surface area (Å²) in [5.74, 6) is 2.95. The predicted molar refractivity (Wildman–Crippen MR) is 218 cm³/mol. The third-order valence-electron chi connectivity index (χ3n) is 7.18. The molecule has 4 aliphatic rings. The molecule has 6 nitrogen and oxygen atoms in total. The van der Waals surface area contributed by atoms with Crippen molar-refractivity contribution in [3.63, 3.8) is 0 Å². The largest absolute Gasteiger partial charge is 0.473 e. The van der Waals surface area contributed by atoms with Crippen LogP contribution >= 0.6 is 0 Å². The van der Waals surface area contributed by atoms with Gasteiger partial charge >= 0.3 is 18.3 Å². The van der Waals surface area contributed by atoms with E-state index in [-0.39, 0.29) is 21.1 Å². The van der Waals surface area contributed by atoms with Gasteiger partial charge in [-0.1, -0.05) is 36.5 Å². The van der Waals surface area contributed by atoms with Crippen molar-refractivity contribution >= 4 is 68.2 Å². The van der Waals surface area contributed by atoms with E-state index in [2.05, 4.69) is 154 Å². The second kappa shape index (κ2) is 17.5. The first-order valence-electron chi connectivity index (χ1n) is 17.6. The van der Waals surface area contributed by atoms with E-state index in [4.69, 9.17) is 24.7 Å². The molecule has 4 rings (SSSR count). The van der Waals surface area contributed by atoms with Gasteiger partial charge in [-0.15, -0.1) is 0 Å². The first-order chi connectivity index (χ1) is 20.4. The van der Waals surface area contributed by atoms with Crippen LogP contribution in [0.25, 0.3) is 0 Å². The number of rotatable bonds is 13. The fourth-order valence-electron chi connectivity index (χ4n) is 6.02. The van der Waals surface area contributed by atoms with E-state index in [1.807, 2.05) is 0 Å². The van der Waals surface area contributed by atoms with Gasteiger partial charge in [0.15, 0.2) is 49.9 Å². The third-order valence-corrected chi connectivity index (χ3v) is 30.3. The molecule has 0 heterocycles. The maximum atomic E-state index is 6.88. The zero-order chi connectivity index (χ0) is 35.6. The normalized spacial score (nSPS) is 25.5. The Balaban J connectivity index is 0.000000396. The average Bonchev–Trinajstić information content (AvgIpc) is 3.55. The molecular formula is C32H72O6PtSi8. The smallest absolute Gasteiger partial charge is 0.419 e. The van der Waals surface area contributed by atoms with Crippen LogP contribution in [0.2, 0.25) is 123 Å². The number of hydrogen-bond donors (Lipinski definition) is 0. The van der Waals surface area contributed by atoms with Gasteiger partial charge in [0.2, 0.25) is 0 Å². The summed E-state index contributed by atoms with van der Waals surface area (Å²) >= 11 is 0. The minimum absolute atomic E-state index is 0. The molecule has 0 aromatic rings. The van der Waals surface area contributed by atoms with Crippen molar-refractivity contribution < 1.29 is 45.8 Å². The van der Waals surface area contributed by atoms with Gasteiger partial charge in [-0.05, 0) is 161 Å². The molecule has 4 bridgehead atoms. The summed E-state index contributed by atoms with van der Waals surface area (Å²) < 4.78 is 38.9. The van der Waals surface area contributed by atoms with Crippen LogP contribution in [-0.4, -0.2) is 68.2 Å². The van der Waals surface area contributed by atoms with Crippen LogP contribution in [0.3, 0.4) is 0 Å². The summed E-state index contributed by atoms with van der Waals surface area (Å²) in [7, 11) is -14.6. The Morgan fingerprint density at radius 1 is 0.426 bits per heavy atom. The first kappa shape index (κ1) is 46.4. The van der Waals surface area contributed by atoms with Crippen molar-refractivity contribution in [2.24, 2.45) is 23.7 Å². The van der Waals surface area contributed by atoms with Crippen LogP contribution < -0.4 is 0 Å². The van der Waals surface area contributed by atoms with Crippen LogP contribution in [0.1, 0.15) is 19.3 Å². The Bertz CT molecular complexity index is 958. The molecule has 0 spiro atoms. The van der Waals surface area contributed by atoms with Crippen molar-refractivity contribution in [3.8, 4) is 0 Å². The van der Waals surface area contributed by atoms with Crippen LogP contribution in [0, 0.1) is 23.7 Å². The molecule has 1 fully saturated rings. The maximum Gasteiger partial charge on any atom is 0.473 e. The number of fused-ring (bicyclic) bond motifs is 4. The van der Waals surface area contributed by atoms with E-state index in [1.165, 1.54) is 19.3 Å². The first-order valence-corrected chi connectivity index (χ1v) is 41.3. The molecule has 0 radical (unpaired) electrons. The van der Waals surface area contributed by atoms with Crippen LogP contribution in [0.15, 0.2) is 36.5 Å². The minimum Gasteiger partial charge on any atom is -0.419 e. The van der Waals surface area contributed by atoms with Gasteiger partial charge in [-0.3, -0.25) is 0 Å². The maximum absolute atomic E-state index is 6.88. The van der Waals surface area contributed by atoms with E-state index in [0.29, 0.717) is 11.5 Å². The average molecular weight is 973 g/mol. The zero-order valence-corrected chi connectivity index (χ0v) is 43.7. The topological polar surface area (TPSA) is 55.4 Å². The van der Waals surface area contributed by atoms with E-state index in [0.717, 1.165) is 17.8 Å². The molecule has 0 saturated heterocycles. The van der Waals surface area contributed by atoms with Crippen LogP contribution in [0.4, 0.5) is 0 Å². The molecule has 0 N–H and O–H groups in total. The quantitative estimate of drug-likeness (QED) is 0.135. The van der Waals surface area contributed by atoms with Crippen molar-refractivity contribution in [1.82, 2.24) is 0 Å². The summed E-state index contributed by atoms with van der Waals surface area (Å²) in [5, 5.41) is 0. The molecule has 47 heavy (non-hydrogen) atoms. The molecule has 4 aliphatic carbocycles. The Kier molecular flexibility index (Phi) is 17.3. The summed E-state index contributed by atoms with van der Waals surface area (Å²) in [6.07, 6.45) is 17.8. The van der Waals surface area contributed by atoms with Gasteiger partial charge < -0.3 is 24.7 Å². The SMILES string of the molecule is C1=CC2C=CC1C2.C[Si](C)(C)O[SiH](O[Si](C)(C)C)O[Si](C)(C)C.C[Si](C)(C)O[Si](O[Si](C)(C)C)(O[Si](C)(C)C)C1CC2C=CC1C2.[Pt]. The number of hydrogen-bond acceptors (Lipinski definition) is 6. The minimum atomic E-state index is -2.69. The van der Waals surface area contributed by atoms with Gasteiger partial charge in [0.1, 0.15) is 0 Å². The molecule has 0 aliphatic heterocycles. The van der Waals surface area contributed by atoms with Gasteiger partial charge in [0.25, 0.3) is 0 Å². The van der Waals surface area contributed by atoms with Gasteiger partial charge in [-0.2, -0.15) is 0 Å². The fourth-order valence-corrected chi connectivity index (χ4v) is 29.9. The molecule has 3 unspecified atom stereocenters. The summed E-state index contributed by atoms with van der Waals surface area (Å²) in [6.45, 7) is 40.2. The van der Waals surface area contributed by atoms with Crippen molar-refractivity contribution in [2.75, 3.05) is 0 Å². The standard InChI is InChI=1S/C16H36O3Si4.C9H28O3Si4.C7H8.Pt/c1-20(2,3)17-23(18-21(4,5)6,19-22(7,8)9)16-13-14-10-11-15(16)12-14;1-14(2,3)10-13(11-15(4,5)6)12-16(7,8)9;1-2-7-4-3-6(1)5-7;/h10-11,14-16H,12-13H2,1-9H3;13H,1-9H3;1-4,6-7H,5H2;. The molecule has 1 saturated carbocycles.